The van der Waals surface area contributed by atoms with Crippen LogP contribution in [0.2, 0.25) is 0 Å². The highest BCUT2D eigenvalue weighted by Gasteiger charge is 2.56. The van der Waals surface area contributed by atoms with E-state index in [1.165, 1.54) is 4.31 Å². The summed E-state index contributed by atoms with van der Waals surface area (Å²) in [6.45, 7) is 2.29. The number of fused-ring (bicyclic) bond motifs is 4. The largest absolute Gasteiger partial charge is 0.497 e. The second-order valence-corrected chi connectivity index (χ2v) is 11.2. The normalized spacial score (nSPS) is 19.2. The lowest BCUT2D eigenvalue weighted by Crippen LogP contribution is -2.68. The molecule has 9 nitrogen and oxygen atoms in total. The third kappa shape index (κ3) is 4.18. The lowest BCUT2D eigenvalue weighted by Gasteiger charge is -2.55. The van der Waals surface area contributed by atoms with E-state index in [0.29, 0.717) is 31.1 Å². The van der Waals surface area contributed by atoms with Crippen molar-refractivity contribution < 1.29 is 23.1 Å². The first-order valence-corrected chi connectivity index (χ1v) is 12.9. The summed E-state index contributed by atoms with van der Waals surface area (Å²) in [6.07, 6.45) is 1.75. The van der Waals surface area contributed by atoms with Crippen molar-refractivity contribution in [3.63, 3.8) is 0 Å². The fraction of sp³-hybridized carbons (Fsp3) is 0.417. The molecule has 0 aliphatic carbocycles. The molecule has 4 heterocycles. The van der Waals surface area contributed by atoms with E-state index in [9.17, 15) is 18.3 Å². The van der Waals surface area contributed by atoms with Gasteiger partial charge in [-0.1, -0.05) is 6.07 Å². The standard InChI is InChI=1S/C24H28N4O5S.ClH/c1-3-34(31,32)27-13-24(14-27)15-28(21(30)10-16-6-4-5-9-25-16)20(12-29)23-22(24)18-8-7-17(33-2)11-19(18)26-23;/h4-9,11,20,26,29H,3,10,12-15H2,1-2H3;1H/t20-;/m0./s1. The van der Waals surface area contributed by atoms with Crippen molar-refractivity contribution in [3.8, 4) is 5.75 Å². The van der Waals surface area contributed by atoms with E-state index in [2.05, 4.69) is 9.97 Å². The molecule has 3 aromatic rings. The second-order valence-electron chi connectivity index (χ2n) is 8.99. The van der Waals surface area contributed by atoms with Crippen molar-refractivity contribution in [1.82, 2.24) is 19.2 Å². The minimum atomic E-state index is -3.35. The molecule has 1 spiro atoms. The predicted molar refractivity (Wildman–Crippen MR) is 134 cm³/mol. The molecular formula is C24H29ClN4O5S. The lowest BCUT2D eigenvalue weighted by atomic mass is 9.70. The van der Waals surface area contributed by atoms with E-state index in [1.807, 2.05) is 24.3 Å². The Balaban J connectivity index is 0.00000289. The Hall–Kier alpha value is -2.66. The van der Waals surface area contributed by atoms with Crippen molar-refractivity contribution in [1.29, 1.82) is 0 Å². The van der Waals surface area contributed by atoms with Crippen LogP contribution in [0.4, 0.5) is 0 Å². The summed E-state index contributed by atoms with van der Waals surface area (Å²) in [4.78, 5) is 22.8. The number of amides is 1. The highest BCUT2D eigenvalue weighted by Crippen LogP contribution is 2.49. The van der Waals surface area contributed by atoms with Crippen LogP contribution in [0.25, 0.3) is 10.9 Å². The first kappa shape index (κ1) is 25.4. The molecule has 0 bridgehead atoms. The highest BCUT2D eigenvalue weighted by atomic mass is 35.5. The van der Waals surface area contributed by atoms with Crippen LogP contribution in [0, 0.1) is 0 Å². The molecule has 2 N–H and O–H groups in total. The van der Waals surface area contributed by atoms with E-state index in [1.54, 1.807) is 37.3 Å². The maximum Gasteiger partial charge on any atom is 0.229 e. The summed E-state index contributed by atoms with van der Waals surface area (Å²) in [5.74, 6) is 0.561. The Morgan fingerprint density at radius 3 is 2.66 bits per heavy atom. The van der Waals surface area contributed by atoms with Gasteiger partial charge in [0.1, 0.15) is 5.75 Å². The van der Waals surface area contributed by atoms with Crippen LogP contribution in [0.5, 0.6) is 5.75 Å². The van der Waals surface area contributed by atoms with Crippen LogP contribution < -0.4 is 4.74 Å². The van der Waals surface area contributed by atoms with Crippen molar-refractivity contribution in [2.45, 2.75) is 24.8 Å². The molecule has 1 aromatic carbocycles. The van der Waals surface area contributed by atoms with E-state index in [4.69, 9.17) is 4.74 Å². The first-order valence-electron chi connectivity index (χ1n) is 11.3. The number of carbonyl (C=O) groups excluding carboxylic acids is 1. The van der Waals surface area contributed by atoms with Gasteiger partial charge in [0.05, 0.1) is 31.9 Å². The van der Waals surface area contributed by atoms with Gasteiger partial charge < -0.3 is 19.7 Å². The van der Waals surface area contributed by atoms with Gasteiger partial charge in [-0.15, -0.1) is 12.4 Å². The predicted octanol–water partition coefficient (Wildman–Crippen LogP) is 2.01. The number of aromatic nitrogens is 2. The zero-order valence-corrected chi connectivity index (χ0v) is 21.2. The van der Waals surface area contributed by atoms with E-state index >= 15 is 0 Å². The zero-order valence-electron chi connectivity index (χ0n) is 19.6. The number of pyridine rings is 1. The van der Waals surface area contributed by atoms with E-state index in [0.717, 1.165) is 22.2 Å². The molecule has 2 aromatic heterocycles. The number of sulfonamides is 1. The summed E-state index contributed by atoms with van der Waals surface area (Å²) in [5, 5.41) is 11.3. The van der Waals surface area contributed by atoms with Gasteiger partial charge in [-0.05, 0) is 36.8 Å². The van der Waals surface area contributed by atoms with Crippen LogP contribution in [0.15, 0.2) is 42.6 Å². The Kier molecular flexibility index (Phi) is 6.85. The number of nitrogens with one attached hydrogen (secondary N) is 1. The molecule has 1 atom stereocenters. The molecule has 35 heavy (non-hydrogen) atoms. The van der Waals surface area contributed by atoms with Crippen molar-refractivity contribution in [2.24, 2.45) is 0 Å². The summed E-state index contributed by atoms with van der Waals surface area (Å²) >= 11 is 0. The fourth-order valence-electron chi connectivity index (χ4n) is 5.29. The Labute approximate surface area is 210 Å². The summed E-state index contributed by atoms with van der Waals surface area (Å²) in [7, 11) is -1.75. The number of rotatable bonds is 6. The molecule has 11 heteroatoms. The van der Waals surface area contributed by atoms with Gasteiger partial charge in [0.25, 0.3) is 0 Å². The molecule has 0 radical (unpaired) electrons. The highest BCUT2D eigenvalue weighted by molar-refractivity contribution is 7.89. The number of aliphatic hydroxyl groups is 1. The number of H-pyrrole nitrogens is 1. The van der Waals surface area contributed by atoms with Gasteiger partial charge in [-0.25, -0.2) is 8.42 Å². The first-order chi connectivity index (χ1) is 16.3. The summed E-state index contributed by atoms with van der Waals surface area (Å²) in [6, 6.07) is 10.6. The average Bonchev–Trinajstić information content (AvgIpc) is 3.21. The monoisotopic (exact) mass is 520 g/mol. The van der Waals surface area contributed by atoms with E-state index < -0.39 is 21.5 Å². The van der Waals surface area contributed by atoms with Crippen molar-refractivity contribution in [3.05, 3.63) is 59.5 Å². The van der Waals surface area contributed by atoms with Crippen LogP contribution in [0.3, 0.4) is 0 Å². The smallest absolute Gasteiger partial charge is 0.229 e. The van der Waals surface area contributed by atoms with E-state index in [-0.39, 0.29) is 37.1 Å². The Morgan fingerprint density at radius 2 is 2.03 bits per heavy atom. The minimum Gasteiger partial charge on any atom is -0.497 e. The summed E-state index contributed by atoms with van der Waals surface area (Å²) < 4.78 is 32.0. The topological polar surface area (TPSA) is 116 Å². The molecular weight excluding hydrogens is 492 g/mol. The average molecular weight is 521 g/mol. The van der Waals surface area contributed by atoms with Gasteiger partial charge >= 0.3 is 0 Å². The minimum absolute atomic E-state index is 0. The number of ether oxygens (including phenoxy) is 1. The zero-order chi connectivity index (χ0) is 24.1. The van der Waals surface area contributed by atoms with Gasteiger partial charge in [-0.3, -0.25) is 9.78 Å². The molecule has 188 valence electrons. The van der Waals surface area contributed by atoms with Crippen LogP contribution in [-0.2, 0) is 26.7 Å². The number of halogens is 1. The van der Waals surface area contributed by atoms with Gasteiger partial charge in [0.15, 0.2) is 0 Å². The molecule has 2 aliphatic rings. The Bertz CT molecular complexity index is 1340. The van der Waals surface area contributed by atoms with Crippen LogP contribution >= 0.6 is 12.4 Å². The molecule has 1 saturated heterocycles. The quantitative estimate of drug-likeness (QED) is 0.513. The molecule has 0 saturated carbocycles. The van der Waals surface area contributed by atoms with Gasteiger partial charge in [-0.2, -0.15) is 4.31 Å². The van der Waals surface area contributed by atoms with Crippen molar-refractivity contribution >= 4 is 39.2 Å². The van der Waals surface area contributed by atoms with Gasteiger partial charge in [0, 0.05) is 59.6 Å². The number of hydrogen-bond donors (Lipinski definition) is 2. The third-order valence-electron chi connectivity index (χ3n) is 7.02. The molecule has 1 fully saturated rings. The number of aliphatic hydroxyl groups excluding tert-OH is 1. The van der Waals surface area contributed by atoms with Gasteiger partial charge in [0.2, 0.25) is 15.9 Å². The number of aromatic amines is 1. The number of methoxy groups -OCH3 is 1. The fourth-order valence-corrected chi connectivity index (χ4v) is 6.55. The number of benzene rings is 1. The second kappa shape index (κ2) is 9.42. The molecule has 0 unspecified atom stereocenters. The molecule has 1 amide bonds. The number of hydrogen-bond acceptors (Lipinski definition) is 6. The Morgan fingerprint density at radius 1 is 1.26 bits per heavy atom. The molecule has 5 rings (SSSR count). The van der Waals surface area contributed by atoms with Crippen molar-refractivity contribution in [2.75, 3.05) is 39.1 Å². The maximum absolute atomic E-state index is 13.4. The summed E-state index contributed by atoms with van der Waals surface area (Å²) in [5.41, 5.74) is 2.65. The third-order valence-corrected chi connectivity index (χ3v) is 8.79. The number of nitrogens with zero attached hydrogens (tertiary/aromatic N) is 3. The van der Waals surface area contributed by atoms with Crippen LogP contribution in [-0.4, -0.2) is 77.7 Å². The number of carbonyl (C=O) groups is 1. The maximum atomic E-state index is 13.4. The SMILES string of the molecule is CCS(=O)(=O)N1CC2(CN(C(=O)Cc3ccccn3)[C@@H](CO)c3[nH]c4cc(OC)ccc4c32)C1.Cl. The molecule has 2 aliphatic heterocycles. The lowest BCUT2D eigenvalue weighted by molar-refractivity contribution is -0.137. The van der Waals surface area contributed by atoms with Crippen LogP contribution in [0.1, 0.15) is 29.9 Å².